The summed E-state index contributed by atoms with van der Waals surface area (Å²) in [7, 11) is 0. The fourth-order valence-electron chi connectivity index (χ4n) is 1.31. The Labute approximate surface area is 85.2 Å². The molecule has 0 aliphatic carbocycles. The molecule has 0 unspecified atom stereocenters. The molecule has 78 valence electrons. The average molecular weight is 194 g/mol. The molecule has 1 aromatic rings. The van der Waals surface area contributed by atoms with E-state index in [1.165, 1.54) is 16.7 Å². The summed E-state index contributed by atoms with van der Waals surface area (Å²) >= 11 is 0. The minimum atomic E-state index is 0.597. The molecule has 0 aliphatic heterocycles. The van der Waals surface area contributed by atoms with Crippen molar-refractivity contribution < 1.29 is 4.74 Å². The Kier molecular flexibility index (Phi) is 3.92. The predicted octanol–water partition coefficient (Wildman–Crippen LogP) is 1.45. The Morgan fingerprint density at radius 1 is 1.14 bits per heavy atom. The van der Waals surface area contributed by atoms with Crippen LogP contribution in [-0.2, 0) is 0 Å². The molecule has 0 aliphatic rings. The van der Waals surface area contributed by atoms with Crippen LogP contribution in [0, 0.1) is 20.8 Å². The van der Waals surface area contributed by atoms with E-state index in [4.69, 9.17) is 10.6 Å². The van der Waals surface area contributed by atoms with E-state index in [2.05, 4.69) is 38.3 Å². The van der Waals surface area contributed by atoms with Crippen molar-refractivity contribution in [2.45, 2.75) is 20.8 Å². The quantitative estimate of drug-likeness (QED) is 0.433. The average Bonchev–Trinajstić information content (AvgIpc) is 2.14. The van der Waals surface area contributed by atoms with E-state index < -0.39 is 0 Å². The third-order valence-electron chi connectivity index (χ3n) is 2.30. The van der Waals surface area contributed by atoms with Crippen LogP contribution in [0.25, 0.3) is 0 Å². The summed E-state index contributed by atoms with van der Waals surface area (Å²) in [6, 6.07) is 4.21. The van der Waals surface area contributed by atoms with Gasteiger partial charge in [-0.05, 0) is 43.5 Å². The molecule has 0 atom stereocenters. The summed E-state index contributed by atoms with van der Waals surface area (Å²) in [4.78, 5) is 0. The standard InChI is InChI=1S/C11H18N2O/c1-8-6-10(3)11(7-9(8)2)14-5-4-13-12/h6-7,13H,4-5,12H2,1-3H3. The summed E-state index contributed by atoms with van der Waals surface area (Å²) in [6.45, 7) is 7.50. The number of hydrogen-bond acceptors (Lipinski definition) is 3. The van der Waals surface area contributed by atoms with Crippen LogP contribution in [0.1, 0.15) is 16.7 Å². The SMILES string of the molecule is Cc1cc(C)c(OCCNN)cc1C. The fourth-order valence-corrected chi connectivity index (χ4v) is 1.31. The molecular formula is C11H18N2O. The Morgan fingerprint density at radius 2 is 1.79 bits per heavy atom. The molecule has 0 amide bonds. The molecular weight excluding hydrogens is 176 g/mol. The molecule has 1 rings (SSSR count). The van der Waals surface area contributed by atoms with Crippen molar-refractivity contribution in [1.82, 2.24) is 5.43 Å². The molecule has 3 heteroatoms. The third kappa shape index (κ3) is 2.72. The molecule has 0 radical (unpaired) electrons. The van der Waals surface area contributed by atoms with Crippen molar-refractivity contribution >= 4 is 0 Å². The number of nitrogens with one attached hydrogen (secondary N) is 1. The largest absolute Gasteiger partial charge is 0.492 e. The minimum Gasteiger partial charge on any atom is -0.492 e. The number of nitrogens with two attached hydrogens (primary N) is 1. The molecule has 0 heterocycles. The van der Waals surface area contributed by atoms with Gasteiger partial charge in [0.25, 0.3) is 0 Å². The first-order valence-corrected chi connectivity index (χ1v) is 4.79. The van der Waals surface area contributed by atoms with Gasteiger partial charge >= 0.3 is 0 Å². The fraction of sp³-hybridized carbons (Fsp3) is 0.455. The van der Waals surface area contributed by atoms with Gasteiger partial charge in [0.1, 0.15) is 12.4 Å². The van der Waals surface area contributed by atoms with E-state index >= 15 is 0 Å². The first-order valence-electron chi connectivity index (χ1n) is 4.79. The number of hydrazine groups is 1. The number of rotatable bonds is 4. The zero-order valence-corrected chi connectivity index (χ0v) is 9.05. The van der Waals surface area contributed by atoms with Crippen molar-refractivity contribution in [2.75, 3.05) is 13.2 Å². The lowest BCUT2D eigenvalue weighted by Gasteiger charge is -2.11. The molecule has 1 aromatic carbocycles. The molecule has 0 fully saturated rings. The van der Waals surface area contributed by atoms with E-state index in [1.807, 2.05) is 0 Å². The number of benzene rings is 1. The van der Waals surface area contributed by atoms with Gasteiger partial charge in [0.15, 0.2) is 0 Å². The second-order valence-electron chi connectivity index (χ2n) is 3.50. The van der Waals surface area contributed by atoms with Gasteiger partial charge in [0.05, 0.1) is 0 Å². The van der Waals surface area contributed by atoms with Gasteiger partial charge < -0.3 is 4.74 Å². The first-order chi connectivity index (χ1) is 6.65. The topological polar surface area (TPSA) is 47.3 Å². The molecule has 3 N–H and O–H groups in total. The zero-order valence-electron chi connectivity index (χ0n) is 9.05. The number of ether oxygens (including phenoxy) is 1. The van der Waals surface area contributed by atoms with E-state index in [0.29, 0.717) is 13.2 Å². The van der Waals surface area contributed by atoms with Gasteiger partial charge in [0, 0.05) is 6.54 Å². The number of hydrogen-bond donors (Lipinski definition) is 2. The van der Waals surface area contributed by atoms with Crippen LogP contribution in [0.5, 0.6) is 5.75 Å². The lowest BCUT2D eigenvalue weighted by molar-refractivity contribution is 0.313. The van der Waals surface area contributed by atoms with Gasteiger partial charge in [-0.15, -0.1) is 0 Å². The third-order valence-corrected chi connectivity index (χ3v) is 2.30. The lowest BCUT2D eigenvalue weighted by Crippen LogP contribution is -2.27. The van der Waals surface area contributed by atoms with Crippen LogP contribution in [0.2, 0.25) is 0 Å². The zero-order chi connectivity index (χ0) is 10.6. The summed E-state index contributed by atoms with van der Waals surface area (Å²) in [6.07, 6.45) is 0. The van der Waals surface area contributed by atoms with Crippen molar-refractivity contribution in [1.29, 1.82) is 0 Å². The van der Waals surface area contributed by atoms with Crippen LogP contribution in [-0.4, -0.2) is 13.2 Å². The van der Waals surface area contributed by atoms with E-state index in [0.717, 1.165) is 5.75 Å². The summed E-state index contributed by atoms with van der Waals surface area (Å²) in [5.41, 5.74) is 6.28. The molecule has 0 saturated heterocycles. The van der Waals surface area contributed by atoms with Crippen LogP contribution in [0.3, 0.4) is 0 Å². The van der Waals surface area contributed by atoms with Crippen LogP contribution < -0.4 is 16.0 Å². The van der Waals surface area contributed by atoms with Gasteiger partial charge in [0.2, 0.25) is 0 Å². The Balaban J connectivity index is 2.72. The van der Waals surface area contributed by atoms with Crippen molar-refractivity contribution in [3.05, 3.63) is 28.8 Å². The molecule has 0 saturated carbocycles. The monoisotopic (exact) mass is 194 g/mol. The molecule has 14 heavy (non-hydrogen) atoms. The van der Waals surface area contributed by atoms with Gasteiger partial charge in [-0.25, -0.2) is 0 Å². The van der Waals surface area contributed by atoms with Gasteiger partial charge in [-0.3, -0.25) is 11.3 Å². The molecule has 0 bridgehead atoms. The van der Waals surface area contributed by atoms with Crippen LogP contribution in [0.4, 0.5) is 0 Å². The maximum atomic E-state index is 5.57. The first kappa shape index (κ1) is 11.0. The second-order valence-corrected chi connectivity index (χ2v) is 3.50. The highest BCUT2D eigenvalue weighted by Gasteiger charge is 2.02. The normalized spacial score (nSPS) is 10.3. The number of aryl methyl sites for hydroxylation is 3. The Morgan fingerprint density at radius 3 is 2.43 bits per heavy atom. The van der Waals surface area contributed by atoms with Gasteiger partial charge in [-0.2, -0.15) is 0 Å². The smallest absolute Gasteiger partial charge is 0.122 e. The lowest BCUT2D eigenvalue weighted by atomic mass is 10.1. The Bertz CT molecular complexity index is 310. The summed E-state index contributed by atoms with van der Waals surface area (Å²) in [5.74, 6) is 6.10. The maximum Gasteiger partial charge on any atom is 0.122 e. The summed E-state index contributed by atoms with van der Waals surface area (Å²) < 4.78 is 5.57. The van der Waals surface area contributed by atoms with Crippen molar-refractivity contribution in [3.8, 4) is 5.75 Å². The molecule has 0 spiro atoms. The van der Waals surface area contributed by atoms with E-state index in [-0.39, 0.29) is 0 Å². The minimum absolute atomic E-state index is 0.597. The van der Waals surface area contributed by atoms with Crippen LogP contribution >= 0.6 is 0 Å². The highest BCUT2D eigenvalue weighted by Crippen LogP contribution is 2.21. The highest BCUT2D eigenvalue weighted by atomic mass is 16.5. The second kappa shape index (κ2) is 4.98. The Hall–Kier alpha value is -1.06. The van der Waals surface area contributed by atoms with Crippen molar-refractivity contribution in [3.63, 3.8) is 0 Å². The van der Waals surface area contributed by atoms with E-state index in [1.54, 1.807) is 0 Å². The van der Waals surface area contributed by atoms with Crippen molar-refractivity contribution in [2.24, 2.45) is 5.84 Å². The summed E-state index contributed by atoms with van der Waals surface area (Å²) in [5, 5.41) is 0. The van der Waals surface area contributed by atoms with Crippen LogP contribution in [0.15, 0.2) is 12.1 Å². The van der Waals surface area contributed by atoms with Gasteiger partial charge in [-0.1, -0.05) is 6.07 Å². The predicted molar refractivity (Wildman–Crippen MR) is 58.3 cm³/mol. The molecule has 0 aromatic heterocycles. The highest BCUT2D eigenvalue weighted by molar-refractivity contribution is 5.40. The maximum absolute atomic E-state index is 5.57. The molecule has 3 nitrogen and oxygen atoms in total. The van der Waals surface area contributed by atoms with E-state index in [9.17, 15) is 0 Å².